The predicted octanol–water partition coefficient (Wildman–Crippen LogP) is 3.50. The van der Waals surface area contributed by atoms with Gasteiger partial charge >= 0.3 is 0 Å². The molecule has 0 saturated carbocycles. The summed E-state index contributed by atoms with van der Waals surface area (Å²) in [6.45, 7) is 6.42. The highest BCUT2D eigenvalue weighted by Gasteiger charge is 2.27. The normalized spacial score (nSPS) is 15.6. The van der Waals surface area contributed by atoms with Crippen LogP contribution < -0.4 is 29.0 Å². The maximum atomic E-state index is 5.73. The standard InChI is InChI=1S/C24H34N2O5/c1-6-31-19-9-8-17(14-20(19)27-2)23(26-12-7-10-25-11-13-26)18-15-21(28-3)24(30-5)22(16-18)29-4/h8-9,14-16,23,25H,6-7,10-13H2,1-5H3. The molecule has 2 aromatic carbocycles. The average Bonchev–Trinajstić information content (AvgIpc) is 3.08. The summed E-state index contributed by atoms with van der Waals surface area (Å²) in [7, 11) is 6.58. The molecule has 3 rings (SSSR count). The molecule has 31 heavy (non-hydrogen) atoms. The first kappa shape index (κ1) is 23.0. The molecule has 0 radical (unpaired) electrons. The third-order valence-corrected chi connectivity index (χ3v) is 5.55. The Morgan fingerprint density at radius 3 is 2.10 bits per heavy atom. The number of ether oxygens (including phenoxy) is 5. The number of methoxy groups -OCH3 is 4. The monoisotopic (exact) mass is 430 g/mol. The van der Waals surface area contributed by atoms with Gasteiger partial charge in [-0.15, -0.1) is 0 Å². The van der Waals surface area contributed by atoms with E-state index < -0.39 is 0 Å². The van der Waals surface area contributed by atoms with Crippen molar-refractivity contribution in [1.29, 1.82) is 0 Å². The Morgan fingerprint density at radius 1 is 0.806 bits per heavy atom. The molecule has 7 heteroatoms. The van der Waals surface area contributed by atoms with E-state index in [2.05, 4.69) is 22.3 Å². The Morgan fingerprint density at radius 2 is 1.48 bits per heavy atom. The molecular weight excluding hydrogens is 396 g/mol. The maximum absolute atomic E-state index is 5.73. The summed E-state index contributed by atoms with van der Waals surface area (Å²) in [6.07, 6.45) is 1.08. The van der Waals surface area contributed by atoms with Gasteiger partial charge in [0.1, 0.15) is 0 Å². The van der Waals surface area contributed by atoms with Crippen LogP contribution in [-0.2, 0) is 0 Å². The van der Waals surface area contributed by atoms with Crippen molar-refractivity contribution in [2.75, 3.05) is 61.2 Å². The van der Waals surface area contributed by atoms with Crippen molar-refractivity contribution < 1.29 is 23.7 Å². The third kappa shape index (κ3) is 5.17. The van der Waals surface area contributed by atoms with Crippen molar-refractivity contribution in [2.24, 2.45) is 0 Å². The van der Waals surface area contributed by atoms with E-state index in [9.17, 15) is 0 Å². The van der Waals surface area contributed by atoms with Crippen LogP contribution in [0.3, 0.4) is 0 Å². The second kappa shape index (κ2) is 11.1. The fourth-order valence-electron chi connectivity index (χ4n) is 4.13. The van der Waals surface area contributed by atoms with Crippen molar-refractivity contribution in [1.82, 2.24) is 10.2 Å². The molecule has 1 N–H and O–H groups in total. The number of rotatable bonds is 9. The molecule has 2 aromatic rings. The van der Waals surface area contributed by atoms with E-state index in [4.69, 9.17) is 23.7 Å². The third-order valence-electron chi connectivity index (χ3n) is 5.55. The van der Waals surface area contributed by atoms with Crippen LogP contribution in [0.4, 0.5) is 0 Å². The lowest BCUT2D eigenvalue weighted by Gasteiger charge is -2.32. The van der Waals surface area contributed by atoms with Crippen LogP contribution in [0.15, 0.2) is 30.3 Å². The van der Waals surface area contributed by atoms with Crippen LogP contribution in [0.2, 0.25) is 0 Å². The molecule has 0 spiro atoms. The molecule has 1 unspecified atom stereocenters. The molecule has 1 atom stereocenters. The molecule has 7 nitrogen and oxygen atoms in total. The summed E-state index contributed by atoms with van der Waals surface area (Å²) >= 11 is 0. The van der Waals surface area contributed by atoms with Gasteiger partial charge in [-0.05, 0) is 55.3 Å². The smallest absolute Gasteiger partial charge is 0.203 e. The zero-order valence-electron chi connectivity index (χ0n) is 19.2. The molecule has 0 amide bonds. The van der Waals surface area contributed by atoms with E-state index in [1.54, 1.807) is 28.4 Å². The Hall–Kier alpha value is -2.64. The van der Waals surface area contributed by atoms with Crippen LogP contribution in [0, 0.1) is 0 Å². The lowest BCUT2D eigenvalue weighted by molar-refractivity contribution is 0.238. The molecule has 1 saturated heterocycles. The molecule has 0 bridgehead atoms. The first-order chi connectivity index (χ1) is 15.2. The summed E-state index contributed by atoms with van der Waals surface area (Å²) in [4.78, 5) is 2.48. The van der Waals surface area contributed by atoms with Crippen LogP contribution in [0.25, 0.3) is 0 Å². The summed E-state index contributed by atoms with van der Waals surface area (Å²) in [5.41, 5.74) is 2.19. The van der Waals surface area contributed by atoms with Crippen LogP contribution >= 0.6 is 0 Å². The van der Waals surface area contributed by atoms with Crippen LogP contribution in [0.1, 0.15) is 30.5 Å². The minimum Gasteiger partial charge on any atom is -0.493 e. The lowest BCUT2D eigenvalue weighted by atomic mass is 9.95. The number of nitrogens with zero attached hydrogens (tertiary/aromatic N) is 1. The van der Waals surface area contributed by atoms with Gasteiger partial charge in [-0.25, -0.2) is 0 Å². The SMILES string of the molecule is CCOc1ccc(C(c2cc(OC)c(OC)c(OC)c2)N2CCCNCC2)cc1OC. The predicted molar refractivity (Wildman–Crippen MR) is 121 cm³/mol. The molecule has 0 aromatic heterocycles. The largest absolute Gasteiger partial charge is 0.493 e. The zero-order chi connectivity index (χ0) is 22.2. The van der Waals surface area contributed by atoms with Gasteiger partial charge in [0.25, 0.3) is 0 Å². The number of hydrogen-bond donors (Lipinski definition) is 1. The Labute approximate surface area is 185 Å². The Balaban J connectivity index is 2.14. The van der Waals surface area contributed by atoms with Gasteiger partial charge in [0, 0.05) is 19.6 Å². The minimum atomic E-state index is -0.00168. The first-order valence-electron chi connectivity index (χ1n) is 10.7. The molecule has 170 valence electrons. The molecule has 0 aliphatic carbocycles. The Kier molecular flexibility index (Phi) is 8.26. The quantitative estimate of drug-likeness (QED) is 0.653. The van der Waals surface area contributed by atoms with Gasteiger partial charge in [0.2, 0.25) is 5.75 Å². The van der Waals surface area contributed by atoms with E-state index in [0.717, 1.165) is 55.2 Å². The second-order valence-electron chi connectivity index (χ2n) is 7.34. The van der Waals surface area contributed by atoms with Crippen molar-refractivity contribution in [2.45, 2.75) is 19.4 Å². The van der Waals surface area contributed by atoms with Gasteiger partial charge in [0.05, 0.1) is 41.1 Å². The van der Waals surface area contributed by atoms with E-state index in [1.165, 1.54) is 0 Å². The van der Waals surface area contributed by atoms with E-state index >= 15 is 0 Å². The van der Waals surface area contributed by atoms with Crippen molar-refractivity contribution in [3.63, 3.8) is 0 Å². The fraction of sp³-hybridized carbons (Fsp3) is 0.500. The molecule has 1 fully saturated rings. The molecular formula is C24H34N2O5. The lowest BCUT2D eigenvalue weighted by Crippen LogP contribution is -2.33. The molecule has 1 aliphatic heterocycles. The molecule has 1 heterocycles. The number of nitrogens with one attached hydrogen (secondary N) is 1. The van der Waals surface area contributed by atoms with Crippen molar-refractivity contribution in [3.8, 4) is 28.7 Å². The number of benzene rings is 2. The highest BCUT2D eigenvalue weighted by atomic mass is 16.5. The van der Waals surface area contributed by atoms with Crippen molar-refractivity contribution in [3.05, 3.63) is 41.5 Å². The highest BCUT2D eigenvalue weighted by Crippen LogP contribution is 2.43. The van der Waals surface area contributed by atoms with Crippen molar-refractivity contribution >= 4 is 0 Å². The van der Waals surface area contributed by atoms with Crippen LogP contribution in [0.5, 0.6) is 28.7 Å². The summed E-state index contributed by atoms with van der Waals surface area (Å²) in [5.74, 6) is 3.36. The van der Waals surface area contributed by atoms with E-state index in [0.29, 0.717) is 23.9 Å². The van der Waals surface area contributed by atoms with Gasteiger partial charge in [-0.2, -0.15) is 0 Å². The average molecular weight is 431 g/mol. The van der Waals surface area contributed by atoms with Gasteiger partial charge in [-0.3, -0.25) is 4.90 Å². The van der Waals surface area contributed by atoms with Gasteiger partial charge in [-0.1, -0.05) is 6.07 Å². The van der Waals surface area contributed by atoms with E-state index in [1.807, 2.05) is 25.1 Å². The highest BCUT2D eigenvalue weighted by molar-refractivity contribution is 5.56. The summed E-state index contributed by atoms with van der Waals surface area (Å²) < 4.78 is 28.2. The second-order valence-corrected chi connectivity index (χ2v) is 7.34. The fourth-order valence-corrected chi connectivity index (χ4v) is 4.13. The zero-order valence-corrected chi connectivity index (χ0v) is 19.2. The first-order valence-corrected chi connectivity index (χ1v) is 10.7. The summed E-state index contributed by atoms with van der Waals surface area (Å²) in [5, 5.41) is 3.49. The summed E-state index contributed by atoms with van der Waals surface area (Å²) in [6, 6.07) is 10.2. The maximum Gasteiger partial charge on any atom is 0.203 e. The van der Waals surface area contributed by atoms with Crippen LogP contribution in [-0.4, -0.2) is 66.1 Å². The van der Waals surface area contributed by atoms with E-state index in [-0.39, 0.29) is 6.04 Å². The molecule has 1 aliphatic rings. The Bertz CT molecular complexity index is 825. The minimum absolute atomic E-state index is 0.00168. The number of hydrogen-bond acceptors (Lipinski definition) is 7. The topological polar surface area (TPSA) is 61.4 Å². The van der Waals surface area contributed by atoms with Gasteiger partial charge in [0.15, 0.2) is 23.0 Å². The van der Waals surface area contributed by atoms with Gasteiger partial charge < -0.3 is 29.0 Å².